The molecule has 0 aliphatic rings. The third-order valence-electron chi connectivity index (χ3n) is 0. The zero-order valence-corrected chi connectivity index (χ0v) is 4.19. The van der Waals surface area contributed by atoms with Crippen LogP contribution >= 0.6 is 0 Å². The van der Waals surface area contributed by atoms with Crippen LogP contribution in [0.3, 0.4) is 0 Å². The Balaban J connectivity index is 0. The molecule has 0 saturated heterocycles. The minimum Gasteiger partial charge on any atom is -2.00 e. The molecule has 4 radical (unpaired) electrons. The van der Waals surface area contributed by atoms with E-state index in [-0.39, 0.29) is 42.3 Å². The number of rotatable bonds is 0. The van der Waals surface area contributed by atoms with Crippen molar-refractivity contribution in [1.82, 2.24) is 0 Å². The van der Waals surface area contributed by atoms with Gasteiger partial charge in [-0.2, -0.15) is 0 Å². The van der Waals surface area contributed by atoms with Crippen molar-refractivity contribution in [3.05, 3.63) is 0 Å². The summed E-state index contributed by atoms with van der Waals surface area (Å²) in [6, 6.07) is 0. The van der Waals surface area contributed by atoms with Gasteiger partial charge in [-0.25, -0.2) is 0 Å². The van der Waals surface area contributed by atoms with Crippen LogP contribution in [-0.2, 0) is 31.4 Å². The topological polar surface area (TPSA) is 57.0 Å². The van der Waals surface area contributed by atoms with Gasteiger partial charge in [-0.05, 0) is 0 Å². The van der Waals surface area contributed by atoms with Crippen LogP contribution in [0.4, 0.5) is 0 Å². The summed E-state index contributed by atoms with van der Waals surface area (Å²) in [5.74, 6) is 0. The first-order chi connectivity index (χ1) is 0. The quantitative estimate of drug-likeness (QED) is 0.431. The molecule has 2 nitrogen and oxygen atoms in total. The van der Waals surface area contributed by atoms with E-state index in [1.54, 1.807) is 0 Å². The van der Waals surface area contributed by atoms with Gasteiger partial charge in [0.1, 0.15) is 0 Å². The van der Waals surface area contributed by atoms with E-state index in [2.05, 4.69) is 0 Å². The molecule has 0 atom stereocenters. The van der Waals surface area contributed by atoms with Crippen LogP contribution in [0.2, 0.25) is 0 Å². The van der Waals surface area contributed by atoms with Crippen molar-refractivity contribution in [2.24, 2.45) is 0 Å². The van der Waals surface area contributed by atoms with Crippen LogP contribution < -0.4 is 0 Å². The van der Waals surface area contributed by atoms with Crippen LogP contribution in [-0.4, -0.2) is 11.0 Å². The predicted molar refractivity (Wildman–Crippen MR) is 7.13 cm³/mol. The summed E-state index contributed by atoms with van der Waals surface area (Å²) in [7, 11) is 0. The van der Waals surface area contributed by atoms with Gasteiger partial charge in [0, 0.05) is 11.0 Å². The Hall–Kier alpha value is 0.799. The zero-order valence-electron chi connectivity index (χ0n) is 1.63. The average molecular weight is 167 g/mol. The second-order valence-corrected chi connectivity index (χ2v) is 0. The molecule has 0 rings (SSSR count). The molecule has 4 heteroatoms. The third kappa shape index (κ3) is 14.2. The molecule has 0 aromatic heterocycles. The van der Waals surface area contributed by atoms with Crippen molar-refractivity contribution in [1.29, 1.82) is 0 Å². The van der Waals surface area contributed by atoms with Gasteiger partial charge in [0.2, 0.25) is 0 Å². The first-order valence-electron chi connectivity index (χ1n) is 0. The van der Waals surface area contributed by atoms with E-state index in [4.69, 9.17) is 0 Å². The Morgan fingerprint density at radius 2 is 0.750 bits per heavy atom. The smallest absolute Gasteiger partial charge is 2.00 e. The monoisotopic (exact) mass is 166 g/mol. The standard InChI is InChI=1S/2O.Pd.Si/q2*-2;+4;. The van der Waals surface area contributed by atoms with Gasteiger partial charge in [-0.1, -0.05) is 0 Å². The number of hydrogen-bond donors (Lipinski definition) is 0. The van der Waals surface area contributed by atoms with Crippen LogP contribution in [0.5, 0.6) is 0 Å². The first kappa shape index (κ1) is 108. The zero-order chi connectivity index (χ0) is 0. The molecule has 0 spiro atoms. The fourth-order valence-corrected chi connectivity index (χ4v) is 0. The second kappa shape index (κ2) is 46.6. The summed E-state index contributed by atoms with van der Waals surface area (Å²) < 4.78 is 0. The van der Waals surface area contributed by atoms with Crippen molar-refractivity contribution < 1.29 is 31.4 Å². The van der Waals surface area contributed by atoms with Crippen molar-refractivity contribution in [2.75, 3.05) is 0 Å². The van der Waals surface area contributed by atoms with Crippen LogP contribution in [0, 0.1) is 0 Å². The molecular formula is O2PdSi. The minimum atomic E-state index is 0. The average Bonchev–Trinajstić information content (AvgIpc) is 0. The van der Waals surface area contributed by atoms with Gasteiger partial charge in [0.05, 0.1) is 0 Å². The van der Waals surface area contributed by atoms with Gasteiger partial charge in [-0.15, -0.1) is 0 Å². The van der Waals surface area contributed by atoms with E-state index in [0.717, 1.165) is 0 Å². The molecule has 26 valence electrons. The maximum absolute atomic E-state index is 0. The molecule has 0 saturated carbocycles. The van der Waals surface area contributed by atoms with Crippen LogP contribution in [0.1, 0.15) is 0 Å². The Bertz CT molecular complexity index is 6.00. The molecule has 0 amide bonds. The molecule has 0 unspecified atom stereocenters. The molecule has 4 heavy (non-hydrogen) atoms. The van der Waals surface area contributed by atoms with E-state index in [9.17, 15) is 0 Å². The first-order valence-corrected chi connectivity index (χ1v) is 0. The molecule has 0 aliphatic heterocycles. The van der Waals surface area contributed by atoms with Gasteiger partial charge in [-0.3, -0.25) is 0 Å². The molecule has 0 N–H and O–H groups in total. The SMILES string of the molecule is [O-2].[O-2].[Pd+4].[Si]. The predicted octanol–water partition coefficient (Wildman–Crippen LogP) is -0.621. The van der Waals surface area contributed by atoms with Crippen LogP contribution in [0.25, 0.3) is 0 Å². The normalized spacial score (nSPS) is 0. The van der Waals surface area contributed by atoms with E-state index in [1.165, 1.54) is 0 Å². The largest absolute Gasteiger partial charge is 4.00 e. The van der Waals surface area contributed by atoms with Gasteiger partial charge in [0.25, 0.3) is 0 Å². The van der Waals surface area contributed by atoms with E-state index in [1.807, 2.05) is 0 Å². The van der Waals surface area contributed by atoms with E-state index < -0.39 is 0 Å². The van der Waals surface area contributed by atoms with Gasteiger partial charge < -0.3 is 11.0 Å². The molecule has 0 bridgehead atoms. The maximum atomic E-state index is 0. The number of hydrogen-bond acceptors (Lipinski definition) is 0. The summed E-state index contributed by atoms with van der Waals surface area (Å²) in [4.78, 5) is 0. The summed E-state index contributed by atoms with van der Waals surface area (Å²) >= 11 is 0. The summed E-state index contributed by atoms with van der Waals surface area (Å²) in [6.45, 7) is 0. The molecular weight excluding hydrogens is 167 g/mol. The van der Waals surface area contributed by atoms with Gasteiger partial charge in [0.15, 0.2) is 0 Å². The molecule has 0 aromatic rings. The Kier molecular flexibility index (Phi) is 1260. The Labute approximate surface area is 42.9 Å². The molecule has 0 aliphatic carbocycles. The summed E-state index contributed by atoms with van der Waals surface area (Å²) in [5.41, 5.74) is 0. The van der Waals surface area contributed by atoms with Crippen molar-refractivity contribution in [3.8, 4) is 0 Å². The summed E-state index contributed by atoms with van der Waals surface area (Å²) in [6.07, 6.45) is 0. The third-order valence-corrected chi connectivity index (χ3v) is 0. The summed E-state index contributed by atoms with van der Waals surface area (Å²) in [5, 5.41) is 0. The Morgan fingerprint density at radius 3 is 0.750 bits per heavy atom. The second-order valence-electron chi connectivity index (χ2n) is 0. The fraction of sp³-hybridized carbons (Fsp3) is 0. The maximum Gasteiger partial charge on any atom is 4.00 e. The van der Waals surface area contributed by atoms with Gasteiger partial charge >= 0.3 is 20.4 Å². The molecule has 0 heterocycles. The van der Waals surface area contributed by atoms with Crippen molar-refractivity contribution in [2.45, 2.75) is 0 Å². The van der Waals surface area contributed by atoms with E-state index in [0.29, 0.717) is 0 Å². The van der Waals surface area contributed by atoms with Crippen LogP contribution in [0.15, 0.2) is 0 Å². The fourth-order valence-electron chi connectivity index (χ4n) is 0. The molecule has 0 aromatic carbocycles. The minimum absolute atomic E-state index is 0. The van der Waals surface area contributed by atoms with Crippen molar-refractivity contribution >= 4 is 11.0 Å². The van der Waals surface area contributed by atoms with Crippen molar-refractivity contribution in [3.63, 3.8) is 0 Å². The Morgan fingerprint density at radius 1 is 0.750 bits per heavy atom. The van der Waals surface area contributed by atoms with E-state index >= 15 is 0 Å². The molecule has 0 fully saturated rings.